The molecule has 2 amide bonds. The lowest BCUT2D eigenvalue weighted by Crippen LogP contribution is -2.54. The van der Waals surface area contributed by atoms with Gasteiger partial charge < -0.3 is 15.7 Å². The van der Waals surface area contributed by atoms with Crippen molar-refractivity contribution >= 4 is 17.8 Å². The number of carbonyl (C=O) groups is 3. The molecule has 1 rings (SSSR count). The van der Waals surface area contributed by atoms with Gasteiger partial charge in [-0.05, 0) is 26.7 Å². The minimum Gasteiger partial charge on any atom is -0.481 e. The SMILES string of the molecule is CC(C)(NCC(=O)N1CCC(C(=O)O)CC1)C(N)=O. The van der Waals surface area contributed by atoms with Gasteiger partial charge in [-0.2, -0.15) is 0 Å². The van der Waals surface area contributed by atoms with Crippen molar-refractivity contribution in [1.82, 2.24) is 10.2 Å². The van der Waals surface area contributed by atoms with E-state index >= 15 is 0 Å². The standard InChI is InChI=1S/C12H21N3O4/c1-12(2,11(13)19)14-7-9(16)15-5-3-8(4-6-15)10(17)18/h8,14H,3-7H2,1-2H3,(H2,13,19)(H,17,18). The van der Waals surface area contributed by atoms with Crippen LogP contribution in [-0.4, -0.2) is 53.0 Å². The van der Waals surface area contributed by atoms with Crippen LogP contribution in [0.15, 0.2) is 0 Å². The molecule has 1 heterocycles. The normalized spacial score (nSPS) is 17.3. The van der Waals surface area contributed by atoms with E-state index < -0.39 is 17.4 Å². The first-order valence-electron chi connectivity index (χ1n) is 6.29. The third kappa shape index (κ3) is 4.20. The van der Waals surface area contributed by atoms with Crippen molar-refractivity contribution in [3.8, 4) is 0 Å². The molecular formula is C12H21N3O4. The molecule has 0 aliphatic carbocycles. The molecule has 0 aromatic carbocycles. The lowest BCUT2D eigenvalue weighted by atomic mass is 9.97. The predicted molar refractivity (Wildman–Crippen MR) is 68.2 cm³/mol. The summed E-state index contributed by atoms with van der Waals surface area (Å²) < 4.78 is 0. The number of likely N-dealkylation sites (tertiary alicyclic amines) is 1. The Labute approximate surface area is 112 Å². The van der Waals surface area contributed by atoms with Crippen LogP contribution in [0.5, 0.6) is 0 Å². The molecule has 0 bridgehead atoms. The number of carbonyl (C=O) groups excluding carboxylic acids is 2. The van der Waals surface area contributed by atoms with Crippen LogP contribution < -0.4 is 11.1 Å². The highest BCUT2D eigenvalue weighted by Crippen LogP contribution is 2.17. The van der Waals surface area contributed by atoms with Crippen molar-refractivity contribution in [1.29, 1.82) is 0 Å². The summed E-state index contributed by atoms with van der Waals surface area (Å²) in [5.41, 5.74) is 4.26. The molecule has 1 aliphatic heterocycles. The molecule has 0 atom stereocenters. The van der Waals surface area contributed by atoms with Gasteiger partial charge in [0.25, 0.3) is 0 Å². The van der Waals surface area contributed by atoms with Gasteiger partial charge in [0.05, 0.1) is 18.0 Å². The second-order valence-corrected chi connectivity index (χ2v) is 5.34. The van der Waals surface area contributed by atoms with Crippen molar-refractivity contribution in [3.63, 3.8) is 0 Å². The molecule has 0 unspecified atom stereocenters. The first-order chi connectivity index (χ1) is 8.74. The molecule has 7 nitrogen and oxygen atoms in total. The Hall–Kier alpha value is -1.63. The second kappa shape index (κ2) is 6.01. The number of nitrogens with one attached hydrogen (secondary N) is 1. The van der Waals surface area contributed by atoms with E-state index in [-0.39, 0.29) is 18.4 Å². The molecule has 1 fully saturated rings. The van der Waals surface area contributed by atoms with E-state index in [0.717, 1.165) is 0 Å². The molecule has 1 aliphatic rings. The Balaban J connectivity index is 2.40. The predicted octanol–water partition coefficient (Wildman–Crippen LogP) is -0.837. The zero-order valence-corrected chi connectivity index (χ0v) is 11.3. The van der Waals surface area contributed by atoms with Gasteiger partial charge in [-0.15, -0.1) is 0 Å². The van der Waals surface area contributed by atoms with E-state index in [2.05, 4.69) is 5.32 Å². The Morgan fingerprint density at radius 1 is 1.32 bits per heavy atom. The molecule has 1 saturated heterocycles. The van der Waals surface area contributed by atoms with Crippen molar-refractivity contribution in [3.05, 3.63) is 0 Å². The van der Waals surface area contributed by atoms with E-state index in [9.17, 15) is 14.4 Å². The van der Waals surface area contributed by atoms with Gasteiger partial charge in [-0.1, -0.05) is 0 Å². The van der Waals surface area contributed by atoms with Gasteiger partial charge >= 0.3 is 5.97 Å². The summed E-state index contributed by atoms with van der Waals surface area (Å²) in [5.74, 6) is -1.83. The van der Waals surface area contributed by atoms with Crippen LogP contribution in [0.4, 0.5) is 0 Å². The first-order valence-corrected chi connectivity index (χ1v) is 6.29. The summed E-state index contributed by atoms with van der Waals surface area (Å²) in [6.45, 7) is 4.12. The summed E-state index contributed by atoms with van der Waals surface area (Å²) in [4.78, 5) is 35.4. The third-order valence-corrected chi connectivity index (χ3v) is 3.49. The largest absolute Gasteiger partial charge is 0.481 e. The van der Waals surface area contributed by atoms with Crippen LogP contribution in [0.2, 0.25) is 0 Å². The van der Waals surface area contributed by atoms with E-state index in [0.29, 0.717) is 25.9 Å². The van der Waals surface area contributed by atoms with Crippen LogP contribution in [0.25, 0.3) is 0 Å². The topological polar surface area (TPSA) is 113 Å². The number of nitrogens with two attached hydrogens (primary N) is 1. The number of hydrogen-bond donors (Lipinski definition) is 3. The lowest BCUT2D eigenvalue weighted by molar-refractivity contribution is -0.145. The average Bonchev–Trinajstić information content (AvgIpc) is 2.36. The number of carboxylic acids is 1. The number of amides is 2. The molecule has 0 saturated carbocycles. The Morgan fingerprint density at radius 3 is 2.26 bits per heavy atom. The van der Waals surface area contributed by atoms with Gasteiger partial charge in [-0.3, -0.25) is 19.7 Å². The number of piperidine rings is 1. The van der Waals surface area contributed by atoms with Gasteiger partial charge in [0.1, 0.15) is 0 Å². The Kier molecular flexibility index (Phi) is 4.88. The van der Waals surface area contributed by atoms with Crippen molar-refractivity contribution in [2.45, 2.75) is 32.2 Å². The van der Waals surface area contributed by atoms with Gasteiger partial charge in [0.15, 0.2) is 0 Å². The Bertz CT molecular complexity index is 373. The molecule has 7 heteroatoms. The molecule has 0 spiro atoms. The smallest absolute Gasteiger partial charge is 0.306 e. The average molecular weight is 271 g/mol. The number of primary amides is 1. The summed E-state index contributed by atoms with van der Waals surface area (Å²) in [6, 6.07) is 0. The van der Waals surface area contributed by atoms with Crippen LogP contribution in [0, 0.1) is 5.92 Å². The highest BCUT2D eigenvalue weighted by molar-refractivity contribution is 5.85. The van der Waals surface area contributed by atoms with Crippen LogP contribution >= 0.6 is 0 Å². The zero-order valence-electron chi connectivity index (χ0n) is 11.3. The molecule has 4 N–H and O–H groups in total. The fourth-order valence-corrected chi connectivity index (χ4v) is 1.87. The third-order valence-electron chi connectivity index (χ3n) is 3.49. The molecule has 108 valence electrons. The molecule has 0 aromatic heterocycles. The lowest BCUT2D eigenvalue weighted by Gasteiger charge is -2.31. The Morgan fingerprint density at radius 2 is 1.84 bits per heavy atom. The molecule has 0 radical (unpaired) electrons. The minimum atomic E-state index is -0.935. The highest BCUT2D eigenvalue weighted by atomic mass is 16.4. The van der Waals surface area contributed by atoms with Crippen molar-refractivity contribution in [2.75, 3.05) is 19.6 Å². The highest BCUT2D eigenvalue weighted by Gasteiger charge is 2.29. The first kappa shape index (κ1) is 15.4. The van der Waals surface area contributed by atoms with Gasteiger partial charge in [0.2, 0.25) is 11.8 Å². The number of hydrogen-bond acceptors (Lipinski definition) is 4. The van der Waals surface area contributed by atoms with E-state index in [1.165, 1.54) is 0 Å². The summed E-state index contributed by atoms with van der Waals surface area (Å²) in [5, 5.41) is 11.7. The quantitative estimate of drug-likeness (QED) is 0.603. The maximum absolute atomic E-state index is 11.9. The number of carboxylic acid groups (broad SMARTS) is 1. The van der Waals surface area contributed by atoms with Crippen molar-refractivity contribution in [2.24, 2.45) is 11.7 Å². The minimum absolute atomic E-state index is 0.0215. The van der Waals surface area contributed by atoms with E-state index in [4.69, 9.17) is 10.8 Å². The summed E-state index contributed by atoms with van der Waals surface area (Å²) in [6.07, 6.45) is 0.945. The fraction of sp³-hybridized carbons (Fsp3) is 0.750. The number of rotatable bonds is 5. The maximum Gasteiger partial charge on any atom is 0.306 e. The second-order valence-electron chi connectivity index (χ2n) is 5.34. The monoisotopic (exact) mass is 271 g/mol. The van der Waals surface area contributed by atoms with E-state index in [1.807, 2.05) is 0 Å². The number of aliphatic carboxylic acids is 1. The van der Waals surface area contributed by atoms with E-state index in [1.54, 1.807) is 18.7 Å². The number of nitrogens with zero attached hydrogens (tertiary/aromatic N) is 1. The van der Waals surface area contributed by atoms with Gasteiger partial charge in [0, 0.05) is 13.1 Å². The molecular weight excluding hydrogens is 250 g/mol. The zero-order chi connectivity index (χ0) is 14.6. The van der Waals surface area contributed by atoms with Crippen LogP contribution in [0.3, 0.4) is 0 Å². The summed E-state index contributed by atoms with van der Waals surface area (Å²) >= 11 is 0. The fourth-order valence-electron chi connectivity index (χ4n) is 1.87. The summed E-state index contributed by atoms with van der Waals surface area (Å²) in [7, 11) is 0. The molecule has 0 aromatic rings. The van der Waals surface area contributed by atoms with Crippen LogP contribution in [0.1, 0.15) is 26.7 Å². The van der Waals surface area contributed by atoms with Crippen LogP contribution in [-0.2, 0) is 14.4 Å². The maximum atomic E-state index is 11.9. The van der Waals surface area contributed by atoms with Gasteiger partial charge in [-0.25, -0.2) is 0 Å². The molecule has 19 heavy (non-hydrogen) atoms. The van der Waals surface area contributed by atoms with Crippen molar-refractivity contribution < 1.29 is 19.5 Å².